The zero-order valence-corrected chi connectivity index (χ0v) is 20.0. The molecule has 0 atom stereocenters. The van der Waals surface area contributed by atoms with E-state index in [1.807, 2.05) is 36.4 Å². The summed E-state index contributed by atoms with van der Waals surface area (Å²) in [5.41, 5.74) is 6.90. The SMILES string of the molecule is CC(=NNC(=O)c1cc(-c2cccc(Cl)c2)nc2ccccc12)c1ccc(NS(C)(=O)=O)cc1. The van der Waals surface area contributed by atoms with Gasteiger partial charge in [-0.25, -0.2) is 18.8 Å². The number of sulfonamides is 1. The molecule has 1 aromatic heterocycles. The number of anilines is 1. The Bertz CT molecular complexity index is 1520. The number of rotatable bonds is 6. The molecule has 0 saturated carbocycles. The van der Waals surface area contributed by atoms with Gasteiger partial charge in [0.15, 0.2) is 0 Å². The molecule has 3 aromatic carbocycles. The molecule has 1 amide bonds. The number of aromatic nitrogens is 1. The van der Waals surface area contributed by atoms with Crippen molar-refractivity contribution in [2.45, 2.75) is 6.92 Å². The lowest BCUT2D eigenvalue weighted by Crippen LogP contribution is -2.20. The lowest BCUT2D eigenvalue weighted by molar-refractivity contribution is 0.0956. The fraction of sp³-hybridized carbons (Fsp3) is 0.0800. The number of nitrogens with zero attached hydrogens (tertiary/aromatic N) is 2. The number of hydrazone groups is 1. The average Bonchev–Trinajstić information content (AvgIpc) is 2.81. The van der Waals surface area contributed by atoms with Gasteiger partial charge in [0, 0.05) is 21.7 Å². The van der Waals surface area contributed by atoms with Crippen molar-refractivity contribution in [3.8, 4) is 11.3 Å². The zero-order valence-electron chi connectivity index (χ0n) is 18.4. The van der Waals surface area contributed by atoms with E-state index in [9.17, 15) is 13.2 Å². The number of pyridine rings is 1. The number of hydrogen-bond acceptors (Lipinski definition) is 5. The van der Waals surface area contributed by atoms with Gasteiger partial charge in [0.2, 0.25) is 10.0 Å². The number of benzene rings is 3. The van der Waals surface area contributed by atoms with Crippen LogP contribution in [0.4, 0.5) is 5.69 Å². The third-order valence-corrected chi connectivity index (χ3v) is 5.85. The molecule has 1 heterocycles. The Morgan fingerprint density at radius 1 is 0.971 bits per heavy atom. The molecule has 0 bridgehead atoms. The van der Waals surface area contributed by atoms with Crippen LogP contribution in [0, 0.1) is 0 Å². The first-order valence-corrected chi connectivity index (χ1v) is 12.6. The minimum Gasteiger partial charge on any atom is -0.284 e. The van der Waals surface area contributed by atoms with Crippen molar-refractivity contribution < 1.29 is 13.2 Å². The Morgan fingerprint density at radius 2 is 1.71 bits per heavy atom. The van der Waals surface area contributed by atoms with Gasteiger partial charge >= 0.3 is 0 Å². The first kappa shape index (κ1) is 23.4. The predicted octanol–water partition coefficient (Wildman–Crippen LogP) is 5.08. The van der Waals surface area contributed by atoms with Crippen LogP contribution in [-0.4, -0.2) is 31.3 Å². The molecule has 7 nitrogen and oxygen atoms in total. The topological polar surface area (TPSA) is 101 Å². The molecule has 0 radical (unpaired) electrons. The summed E-state index contributed by atoms with van der Waals surface area (Å²) < 4.78 is 25.1. The van der Waals surface area contributed by atoms with E-state index in [1.54, 1.807) is 49.4 Å². The van der Waals surface area contributed by atoms with E-state index in [0.717, 1.165) is 17.4 Å². The van der Waals surface area contributed by atoms with Gasteiger partial charge in [-0.2, -0.15) is 5.10 Å². The summed E-state index contributed by atoms with van der Waals surface area (Å²) in [7, 11) is -3.36. The summed E-state index contributed by atoms with van der Waals surface area (Å²) in [5.74, 6) is -0.378. The molecule has 0 spiro atoms. The highest BCUT2D eigenvalue weighted by Gasteiger charge is 2.14. The van der Waals surface area contributed by atoms with E-state index < -0.39 is 10.0 Å². The quantitative estimate of drug-likeness (QED) is 0.289. The number of halogens is 1. The van der Waals surface area contributed by atoms with Gasteiger partial charge in [-0.15, -0.1) is 0 Å². The molecule has 0 saturated heterocycles. The van der Waals surface area contributed by atoms with Crippen molar-refractivity contribution in [2.24, 2.45) is 5.10 Å². The summed E-state index contributed by atoms with van der Waals surface area (Å²) >= 11 is 6.14. The summed E-state index contributed by atoms with van der Waals surface area (Å²) in [4.78, 5) is 17.8. The second-order valence-corrected chi connectivity index (χ2v) is 9.86. The van der Waals surface area contributed by atoms with Crippen molar-refractivity contribution in [1.29, 1.82) is 0 Å². The van der Waals surface area contributed by atoms with Crippen LogP contribution < -0.4 is 10.1 Å². The largest absolute Gasteiger partial charge is 0.284 e. The summed E-state index contributed by atoms with van der Waals surface area (Å²) in [6.45, 7) is 1.75. The third kappa shape index (κ3) is 5.59. The standard InChI is InChI=1S/C25H21ClN4O3S/c1-16(17-10-12-20(13-11-17)30-34(2,32)33)28-29-25(31)22-15-24(18-6-5-7-19(26)14-18)27-23-9-4-3-8-21(22)23/h3-15,30H,1-2H3,(H,29,31). The van der Waals surface area contributed by atoms with Crippen LogP contribution in [0.3, 0.4) is 0 Å². The molecule has 0 unspecified atom stereocenters. The highest BCUT2D eigenvalue weighted by Crippen LogP contribution is 2.26. The molecule has 172 valence electrons. The molecule has 0 aliphatic rings. The maximum atomic E-state index is 13.1. The normalized spacial score (nSPS) is 11.9. The van der Waals surface area contributed by atoms with E-state index in [0.29, 0.717) is 38.6 Å². The Balaban J connectivity index is 1.62. The monoisotopic (exact) mass is 492 g/mol. The highest BCUT2D eigenvalue weighted by molar-refractivity contribution is 7.92. The summed E-state index contributed by atoms with van der Waals surface area (Å²) in [5, 5.41) is 5.52. The molecule has 9 heteroatoms. The van der Waals surface area contributed by atoms with E-state index >= 15 is 0 Å². The van der Waals surface area contributed by atoms with Gasteiger partial charge < -0.3 is 0 Å². The Labute approximate surface area is 202 Å². The Kier molecular flexibility index (Phi) is 6.63. The van der Waals surface area contributed by atoms with Gasteiger partial charge in [-0.1, -0.05) is 54.1 Å². The number of fused-ring (bicyclic) bond motifs is 1. The lowest BCUT2D eigenvalue weighted by atomic mass is 10.0. The number of carbonyl (C=O) groups excluding carboxylic acids is 1. The molecule has 34 heavy (non-hydrogen) atoms. The number of nitrogens with one attached hydrogen (secondary N) is 2. The van der Waals surface area contributed by atoms with Crippen LogP contribution in [0.5, 0.6) is 0 Å². The molecule has 0 aliphatic carbocycles. The highest BCUT2D eigenvalue weighted by atomic mass is 35.5. The number of carbonyl (C=O) groups is 1. The van der Waals surface area contributed by atoms with Gasteiger partial charge in [-0.05, 0) is 48.9 Å². The summed E-state index contributed by atoms with van der Waals surface area (Å²) in [6, 6.07) is 23.1. The van der Waals surface area contributed by atoms with Crippen molar-refractivity contribution in [2.75, 3.05) is 11.0 Å². The fourth-order valence-corrected chi connectivity index (χ4v) is 4.17. The third-order valence-electron chi connectivity index (χ3n) is 5.01. The molecule has 0 fully saturated rings. The van der Waals surface area contributed by atoms with E-state index in [-0.39, 0.29) is 5.91 Å². The average molecular weight is 493 g/mol. The van der Waals surface area contributed by atoms with Gasteiger partial charge in [-0.3, -0.25) is 9.52 Å². The van der Waals surface area contributed by atoms with E-state index in [4.69, 9.17) is 11.6 Å². The lowest BCUT2D eigenvalue weighted by Gasteiger charge is -2.10. The Morgan fingerprint density at radius 3 is 2.41 bits per heavy atom. The first-order chi connectivity index (χ1) is 16.2. The maximum Gasteiger partial charge on any atom is 0.272 e. The predicted molar refractivity (Wildman–Crippen MR) is 137 cm³/mol. The van der Waals surface area contributed by atoms with Crippen LogP contribution >= 0.6 is 11.6 Å². The molecule has 4 rings (SSSR count). The van der Waals surface area contributed by atoms with Crippen molar-refractivity contribution in [3.63, 3.8) is 0 Å². The van der Waals surface area contributed by atoms with Crippen LogP contribution in [0.2, 0.25) is 5.02 Å². The van der Waals surface area contributed by atoms with Crippen LogP contribution in [0.1, 0.15) is 22.8 Å². The maximum absolute atomic E-state index is 13.1. The molecular weight excluding hydrogens is 472 g/mol. The van der Waals surface area contributed by atoms with Crippen LogP contribution in [0.25, 0.3) is 22.2 Å². The molecule has 2 N–H and O–H groups in total. The van der Waals surface area contributed by atoms with Gasteiger partial charge in [0.1, 0.15) is 0 Å². The van der Waals surface area contributed by atoms with Crippen molar-refractivity contribution in [1.82, 2.24) is 10.4 Å². The molecular formula is C25H21ClN4O3S. The number of hydrogen-bond donors (Lipinski definition) is 2. The van der Waals surface area contributed by atoms with Crippen LogP contribution in [-0.2, 0) is 10.0 Å². The van der Waals surface area contributed by atoms with Crippen molar-refractivity contribution in [3.05, 3.63) is 95.0 Å². The number of para-hydroxylation sites is 1. The van der Waals surface area contributed by atoms with E-state index in [2.05, 4.69) is 20.2 Å². The number of amides is 1. The Hall–Kier alpha value is -3.75. The first-order valence-electron chi connectivity index (χ1n) is 10.3. The van der Waals surface area contributed by atoms with E-state index in [1.165, 1.54) is 0 Å². The van der Waals surface area contributed by atoms with Crippen molar-refractivity contribution >= 4 is 49.8 Å². The minimum atomic E-state index is -3.36. The van der Waals surface area contributed by atoms with Crippen LogP contribution in [0.15, 0.2) is 84.0 Å². The minimum absolute atomic E-state index is 0.378. The second-order valence-electron chi connectivity index (χ2n) is 7.67. The summed E-state index contributed by atoms with van der Waals surface area (Å²) in [6.07, 6.45) is 1.09. The fourth-order valence-electron chi connectivity index (χ4n) is 3.41. The molecule has 4 aromatic rings. The van der Waals surface area contributed by atoms with Gasteiger partial charge in [0.25, 0.3) is 5.91 Å². The smallest absolute Gasteiger partial charge is 0.272 e. The zero-order chi connectivity index (χ0) is 24.3. The molecule has 0 aliphatic heterocycles. The second kappa shape index (κ2) is 9.62. The van der Waals surface area contributed by atoms with Gasteiger partial charge in [0.05, 0.1) is 28.7 Å².